The van der Waals surface area contributed by atoms with Crippen LogP contribution in [-0.4, -0.2) is 78.7 Å². The van der Waals surface area contributed by atoms with Gasteiger partial charge in [-0.1, -0.05) is 6.42 Å². The van der Waals surface area contributed by atoms with Crippen LogP contribution in [0.3, 0.4) is 0 Å². The zero-order valence-corrected chi connectivity index (χ0v) is 23.2. The highest BCUT2D eigenvalue weighted by Crippen LogP contribution is 2.42. The van der Waals surface area contributed by atoms with Crippen molar-refractivity contribution in [3.8, 4) is 5.75 Å². The molecule has 0 aromatic heterocycles. The number of carbonyl (C=O) groups is 4. The fraction of sp³-hybridized carbons (Fsp3) is 0.643. The number of ether oxygens (including phenoxy) is 1. The summed E-state index contributed by atoms with van der Waals surface area (Å²) in [6.45, 7) is -0.671. The van der Waals surface area contributed by atoms with Crippen molar-refractivity contribution >= 4 is 29.1 Å². The third-order valence-electron chi connectivity index (χ3n) is 7.41. The molecule has 0 radical (unpaired) electrons. The number of aromatic hydroxyl groups is 1. The van der Waals surface area contributed by atoms with E-state index in [1.54, 1.807) is 0 Å². The SMILES string of the molecule is COC(=O)CCCCCc1cc(N(C)C)c2c(c1O)C(=O)CC(CC(CCO)C(CO)C(=O)CC(N)=O)C2.O.[HH].[HH]. The minimum Gasteiger partial charge on any atom is -0.507 e. The zero-order chi connectivity index (χ0) is 28.4. The van der Waals surface area contributed by atoms with Crippen molar-refractivity contribution in [3.63, 3.8) is 0 Å². The first-order chi connectivity index (χ1) is 18.0. The molecule has 7 N–H and O–H groups in total. The Hall–Kier alpha value is -3.02. The van der Waals surface area contributed by atoms with E-state index < -0.39 is 36.6 Å². The number of aliphatic hydroxyl groups is 2. The standard InChI is InChI=1S/C28H42N2O8.H2O.2H2/c1-30(2)22-14-19(7-5-4-6-8-26(36)38-3)28(37)27-20(22)12-17(13-24(27)34)11-18(9-10-31)21(16-32)23(33)15-25(29)35;;;/h14,17-18,21,31-32,37H,4-13,15-16H2,1-3H3,(H2,29,35);1H2;2*1H. The fourth-order valence-corrected chi connectivity index (χ4v) is 5.50. The van der Waals surface area contributed by atoms with Gasteiger partial charge < -0.3 is 36.2 Å². The van der Waals surface area contributed by atoms with Gasteiger partial charge in [-0.25, -0.2) is 0 Å². The molecule has 1 aliphatic rings. The number of benzene rings is 1. The largest absolute Gasteiger partial charge is 0.507 e. The predicted molar refractivity (Wildman–Crippen MR) is 150 cm³/mol. The minimum absolute atomic E-state index is 0. The lowest BCUT2D eigenvalue weighted by Crippen LogP contribution is -2.34. The van der Waals surface area contributed by atoms with Crippen LogP contribution in [0, 0.1) is 17.8 Å². The molecule has 0 fully saturated rings. The molecule has 0 aliphatic heterocycles. The fourth-order valence-electron chi connectivity index (χ4n) is 5.50. The van der Waals surface area contributed by atoms with E-state index in [2.05, 4.69) is 4.74 Å². The summed E-state index contributed by atoms with van der Waals surface area (Å²) in [7, 11) is 5.11. The van der Waals surface area contributed by atoms with E-state index in [-0.39, 0.29) is 51.2 Å². The summed E-state index contributed by atoms with van der Waals surface area (Å²) in [5, 5.41) is 30.5. The van der Waals surface area contributed by atoms with Gasteiger partial charge in [0.15, 0.2) is 5.78 Å². The Kier molecular flexibility index (Phi) is 14.1. The average Bonchev–Trinajstić information content (AvgIpc) is 2.84. The number of Topliss-reactive ketones (excluding diaryl/α,β-unsaturated/α-hetero) is 2. The third kappa shape index (κ3) is 9.29. The minimum atomic E-state index is -0.852. The maximum Gasteiger partial charge on any atom is 0.305 e. The second-order valence-corrected chi connectivity index (χ2v) is 10.4. The van der Waals surface area contributed by atoms with Gasteiger partial charge in [0, 0.05) is 48.0 Å². The Morgan fingerprint density at radius 3 is 2.44 bits per heavy atom. The summed E-state index contributed by atoms with van der Waals surface area (Å²) in [4.78, 5) is 50.3. The highest BCUT2D eigenvalue weighted by Gasteiger charge is 2.36. The number of hydrogen-bond acceptors (Lipinski definition) is 9. The van der Waals surface area contributed by atoms with Crippen molar-refractivity contribution in [2.75, 3.05) is 39.3 Å². The molecule has 3 atom stereocenters. The van der Waals surface area contributed by atoms with Crippen molar-refractivity contribution in [2.45, 2.75) is 64.2 Å². The highest BCUT2D eigenvalue weighted by atomic mass is 16.5. The first-order valence-corrected chi connectivity index (χ1v) is 13.2. The van der Waals surface area contributed by atoms with E-state index in [4.69, 9.17) is 5.73 Å². The lowest BCUT2D eigenvalue weighted by atomic mass is 9.73. The second-order valence-electron chi connectivity index (χ2n) is 10.4. The number of methoxy groups -OCH3 is 1. The number of ketones is 2. The molecular formula is C28H48N2O9. The smallest absolute Gasteiger partial charge is 0.305 e. The summed E-state index contributed by atoms with van der Waals surface area (Å²) in [5.74, 6) is -3.11. The summed E-state index contributed by atoms with van der Waals surface area (Å²) in [5.41, 5.74) is 7.77. The molecule has 3 unspecified atom stereocenters. The number of amides is 1. The summed E-state index contributed by atoms with van der Waals surface area (Å²) >= 11 is 0. The molecule has 1 aromatic carbocycles. The van der Waals surface area contributed by atoms with Crippen LogP contribution in [-0.2, 0) is 32.0 Å². The number of rotatable bonds is 16. The Morgan fingerprint density at radius 2 is 1.87 bits per heavy atom. The number of phenolic OH excluding ortho intramolecular Hbond substituents is 1. The van der Waals surface area contributed by atoms with Gasteiger partial charge >= 0.3 is 5.97 Å². The van der Waals surface area contributed by atoms with Crippen LogP contribution in [0.25, 0.3) is 0 Å². The maximum atomic E-state index is 13.3. The number of hydrogen-bond donors (Lipinski definition) is 4. The number of nitrogens with two attached hydrogens (primary N) is 1. The Bertz CT molecular complexity index is 1020. The quantitative estimate of drug-likeness (QED) is 0.133. The number of fused-ring (bicyclic) bond motifs is 1. The van der Waals surface area contributed by atoms with Crippen LogP contribution < -0.4 is 10.6 Å². The van der Waals surface area contributed by atoms with Gasteiger partial charge in [0.25, 0.3) is 0 Å². The predicted octanol–water partition coefficient (Wildman–Crippen LogP) is 1.59. The number of esters is 1. The molecule has 0 saturated heterocycles. The number of anilines is 1. The summed E-state index contributed by atoms with van der Waals surface area (Å²) < 4.78 is 4.66. The van der Waals surface area contributed by atoms with Gasteiger partial charge in [0.2, 0.25) is 5.91 Å². The molecule has 2 rings (SSSR count). The zero-order valence-electron chi connectivity index (χ0n) is 23.2. The molecule has 1 aliphatic carbocycles. The van der Waals surface area contributed by atoms with Gasteiger partial charge in [-0.05, 0) is 67.6 Å². The molecule has 39 heavy (non-hydrogen) atoms. The average molecular weight is 557 g/mol. The van der Waals surface area contributed by atoms with Crippen LogP contribution >= 0.6 is 0 Å². The molecule has 11 nitrogen and oxygen atoms in total. The van der Waals surface area contributed by atoms with Gasteiger partial charge in [0.05, 0.1) is 25.7 Å². The Balaban J connectivity index is 0. The lowest BCUT2D eigenvalue weighted by Gasteiger charge is -2.33. The summed E-state index contributed by atoms with van der Waals surface area (Å²) in [6, 6.07) is 1.91. The van der Waals surface area contributed by atoms with Crippen molar-refractivity contribution < 1.29 is 47.6 Å². The van der Waals surface area contributed by atoms with Crippen LogP contribution in [0.1, 0.15) is 75.7 Å². The van der Waals surface area contributed by atoms with Crippen LogP contribution in [0.2, 0.25) is 0 Å². The van der Waals surface area contributed by atoms with Crippen LogP contribution in [0.4, 0.5) is 5.69 Å². The Labute approximate surface area is 232 Å². The Morgan fingerprint density at radius 1 is 1.18 bits per heavy atom. The summed E-state index contributed by atoms with van der Waals surface area (Å²) in [6.07, 6.45) is 3.95. The van der Waals surface area contributed by atoms with Crippen molar-refractivity contribution in [2.24, 2.45) is 23.5 Å². The molecule has 11 heteroatoms. The van der Waals surface area contributed by atoms with E-state index in [1.807, 2.05) is 25.1 Å². The van der Waals surface area contributed by atoms with Crippen molar-refractivity contribution in [1.29, 1.82) is 0 Å². The number of aliphatic hydroxyl groups excluding tert-OH is 2. The first kappa shape index (κ1) is 34.0. The topological polar surface area (TPSA) is 199 Å². The van der Waals surface area contributed by atoms with E-state index in [0.29, 0.717) is 43.2 Å². The van der Waals surface area contributed by atoms with Crippen molar-refractivity contribution in [3.05, 3.63) is 22.8 Å². The molecule has 0 saturated carbocycles. The van der Waals surface area contributed by atoms with E-state index >= 15 is 0 Å². The lowest BCUT2D eigenvalue weighted by molar-refractivity contribution is -0.140. The molecule has 1 aromatic rings. The number of primary amides is 1. The number of unbranched alkanes of at least 4 members (excludes halogenated alkanes) is 2. The third-order valence-corrected chi connectivity index (χ3v) is 7.41. The van der Waals surface area contributed by atoms with Gasteiger partial charge in [0.1, 0.15) is 11.5 Å². The number of aryl methyl sites for hydroxylation is 1. The molecular weight excluding hydrogens is 508 g/mol. The number of carbonyl (C=O) groups excluding carboxylic acids is 4. The molecule has 0 bridgehead atoms. The highest BCUT2D eigenvalue weighted by molar-refractivity contribution is 6.03. The van der Waals surface area contributed by atoms with Crippen molar-refractivity contribution in [1.82, 2.24) is 0 Å². The first-order valence-electron chi connectivity index (χ1n) is 13.2. The maximum absolute atomic E-state index is 13.3. The van der Waals surface area contributed by atoms with E-state index in [9.17, 15) is 34.5 Å². The van der Waals surface area contributed by atoms with E-state index in [0.717, 1.165) is 24.1 Å². The monoisotopic (exact) mass is 556 g/mol. The molecule has 1 amide bonds. The van der Waals surface area contributed by atoms with Gasteiger partial charge in [-0.3, -0.25) is 19.2 Å². The van der Waals surface area contributed by atoms with E-state index in [1.165, 1.54) is 7.11 Å². The number of phenols is 1. The molecule has 224 valence electrons. The van der Waals surface area contributed by atoms with Crippen LogP contribution in [0.5, 0.6) is 5.75 Å². The normalized spacial score (nSPS) is 16.0. The van der Waals surface area contributed by atoms with Crippen LogP contribution in [0.15, 0.2) is 6.07 Å². The van der Waals surface area contributed by atoms with Gasteiger partial charge in [-0.2, -0.15) is 0 Å². The molecule has 0 spiro atoms. The second kappa shape index (κ2) is 16.2. The molecule has 0 heterocycles. The van der Waals surface area contributed by atoms with Gasteiger partial charge in [-0.15, -0.1) is 0 Å². The number of nitrogens with zero attached hydrogens (tertiary/aromatic N) is 1.